The normalized spacial score (nSPS) is 21.3. The first-order chi connectivity index (χ1) is 9.20. The maximum absolute atomic E-state index is 12.0. The Morgan fingerprint density at radius 3 is 2.50 bits per heavy atom. The number of aryl methyl sites for hydroxylation is 2. The minimum Gasteiger partial charge on any atom is -0.335 e. The van der Waals surface area contributed by atoms with Crippen LogP contribution in [-0.2, 0) is 14.8 Å². The summed E-state index contributed by atoms with van der Waals surface area (Å²) in [6, 6.07) is 5.90. The van der Waals surface area contributed by atoms with E-state index in [0.29, 0.717) is 0 Å². The molecule has 1 aliphatic heterocycles. The van der Waals surface area contributed by atoms with Crippen molar-refractivity contribution in [1.29, 1.82) is 0 Å². The van der Waals surface area contributed by atoms with Crippen molar-refractivity contribution in [3.05, 3.63) is 34.9 Å². The van der Waals surface area contributed by atoms with Gasteiger partial charge in [-0.25, -0.2) is 13.6 Å². The lowest BCUT2D eigenvalue weighted by molar-refractivity contribution is -0.129. The van der Waals surface area contributed by atoms with Crippen molar-refractivity contribution in [1.82, 2.24) is 4.90 Å². The third-order valence-electron chi connectivity index (χ3n) is 3.93. The van der Waals surface area contributed by atoms with Gasteiger partial charge < -0.3 is 4.90 Å². The first kappa shape index (κ1) is 15.0. The van der Waals surface area contributed by atoms with Crippen LogP contribution in [0.15, 0.2) is 18.2 Å². The SMILES string of the molecule is Cc1ccc(C(C)N2CC(S(N)(=O)=O)CC2=O)c(C)c1. The summed E-state index contributed by atoms with van der Waals surface area (Å²) in [6.07, 6.45) is -0.0198. The zero-order valence-corrected chi connectivity index (χ0v) is 12.8. The van der Waals surface area contributed by atoms with Gasteiger partial charge in [-0.05, 0) is 31.9 Å². The number of nitrogens with zero attached hydrogens (tertiary/aromatic N) is 1. The third kappa shape index (κ3) is 2.86. The molecule has 0 radical (unpaired) electrons. The molecule has 6 heteroatoms. The van der Waals surface area contributed by atoms with Crippen molar-refractivity contribution in [2.75, 3.05) is 6.54 Å². The summed E-state index contributed by atoms with van der Waals surface area (Å²) in [4.78, 5) is 13.6. The highest BCUT2D eigenvalue weighted by Gasteiger charge is 2.38. The molecule has 2 rings (SSSR count). The molecule has 0 spiro atoms. The number of primary sulfonamides is 1. The molecule has 1 heterocycles. The van der Waals surface area contributed by atoms with Crippen molar-refractivity contribution >= 4 is 15.9 Å². The van der Waals surface area contributed by atoms with Crippen LogP contribution in [0.2, 0.25) is 0 Å². The Morgan fingerprint density at radius 1 is 1.35 bits per heavy atom. The summed E-state index contributed by atoms with van der Waals surface area (Å²) >= 11 is 0. The van der Waals surface area contributed by atoms with Crippen LogP contribution in [0, 0.1) is 13.8 Å². The number of benzene rings is 1. The molecule has 1 amide bonds. The van der Waals surface area contributed by atoms with Crippen molar-refractivity contribution < 1.29 is 13.2 Å². The van der Waals surface area contributed by atoms with Crippen LogP contribution in [-0.4, -0.2) is 31.0 Å². The fourth-order valence-electron chi connectivity index (χ4n) is 2.75. The van der Waals surface area contributed by atoms with Gasteiger partial charge in [-0.1, -0.05) is 23.8 Å². The number of carbonyl (C=O) groups excluding carboxylic acids is 1. The molecule has 20 heavy (non-hydrogen) atoms. The van der Waals surface area contributed by atoms with Crippen LogP contribution in [0.25, 0.3) is 0 Å². The Labute approximate surface area is 119 Å². The maximum Gasteiger partial charge on any atom is 0.224 e. The second-order valence-corrected chi connectivity index (χ2v) is 7.34. The molecule has 2 unspecified atom stereocenters. The topological polar surface area (TPSA) is 80.5 Å². The number of carbonyl (C=O) groups is 1. The lowest BCUT2D eigenvalue weighted by Crippen LogP contribution is -2.33. The standard InChI is InChI=1S/C14H20N2O3S/c1-9-4-5-13(10(2)6-9)11(3)16-8-12(7-14(16)17)20(15,18)19/h4-6,11-12H,7-8H2,1-3H3,(H2,15,18,19). The zero-order valence-electron chi connectivity index (χ0n) is 12.0. The lowest BCUT2D eigenvalue weighted by atomic mass is 9.99. The smallest absolute Gasteiger partial charge is 0.224 e. The van der Waals surface area contributed by atoms with Crippen molar-refractivity contribution in [3.63, 3.8) is 0 Å². The molecule has 1 aromatic rings. The number of hydrogen-bond donors (Lipinski definition) is 1. The van der Waals surface area contributed by atoms with Gasteiger partial charge in [0.25, 0.3) is 0 Å². The van der Waals surface area contributed by atoms with E-state index in [0.717, 1.165) is 16.7 Å². The molecule has 5 nitrogen and oxygen atoms in total. The van der Waals surface area contributed by atoms with Crippen LogP contribution in [0.3, 0.4) is 0 Å². The van der Waals surface area contributed by atoms with E-state index in [1.807, 2.05) is 32.9 Å². The molecule has 110 valence electrons. The Hall–Kier alpha value is -1.40. The Bertz CT molecular complexity index is 640. The summed E-state index contributed by atoms with van der Waals surface area (Å²) in [5.74, 6) is -0.156. The first-order valence-corrected chi connectivity index (χ1v) is 8.19. The van der Waals surface area contributed by atoms with Crippen molar-refractivity contribution in [2.45, 2.75) is 38.5 Å². The fraction of sp³-hybridized carbons (Fsp3) is 0.500. The molecule has 1 aromatic carbocycles. The third-order valence-corrected chi connectivity index (χ3v) is 5.18. The minimum atomic E-state index is -3.66. The van der Waals surface area contributed by atoms with E-state index >= 15 is 0 Å². The summed E-state index contributed by atoms with van der Waals surface area (Å²) < 4.78 is 22.8. The van der Waals surface area contributed by atoms with E-state index in [-0.39, 0.29) is 24.9 Å². The number of sulfonamides is 1. The predicted octanol–water partition coefficient (Wildman–Crippen LogP) is 1.25. The summed E-state index contributed by atoms with van der Waals surface area (Å²) in [5, 5.41) is 4.36. The molecular weight excluding hydrogens is 276 g/mol. The average molecular weight is 296 g/mol. The van der Waals surface area contributed by atoms with Gasteiger partial charge >= 0.3 is 0 Å². The van der Waals surface area contributed by atoms with Gasteiger partial charge in [0.05, 0.1) is 6.04 Å². The van der Waals surface area contributed by atoms with Gasteiger partial charge in [0, 0.05) is 13.0 Å². The Kier molecular flexibility index (Phi) is 3.88. The van der Waals surface area contributed by atoms with Crippen molar-refractivity contribution in [3.8, 4) is 0 Å². The largest absolute Gasteiger partial charge is 0.335 e. The average Bonchev–Trinajstić information content (AvgIpc) is 2.70. The number of likely N-dealkylation sites (tertiary alicyclic amines) is 1. The lowest BCUT2D eigenvalue weighted by Gasteiger charge is -2.26. The molecule has 1 saturated heterocycles. The molecule has 2 N–H and O–H groups in total. The summed E-state index contributed by atoms with van der Waals surface area (Å²) in [7, 11) is -3.66. The summed E-state index contributed by atoms with van der Waals surface area (Å²) in [6.45, 7) is 6.10. The fourth-order valence-corrected chi connectivity index (χ4v) is 3.50. The minimum absolute atomic E-state index is 0.0198. The molecule has 0 aliphatic carbocycles. The molecule has 2 atom stereocenters. The van der Waals surface area contributed by atoms with Gasteiger partial charge in [-0.3, -0.25) is 4.79 Å². The predicted molar refractivity (Wildman–Crippen MR) is 77.6 cm³/mol. The van der Waals surface area contributed by atoms with Gasteiger partial charge in [0.1, 0.15) is 5.25 Å². The van der Waals surface area contributed by atoms with Crippen LogP contribution in [0.4, 0.5) is 0 Å². The molecule has 0 aromatic heterocycles. The molecular formula is C14H20N2O3S. The Morgan fingerprint density at radius 2 is 2.00 bits per heavy atom. The second kappa shape index (κ2) is 5.18. The number of nitrogens with two attached hydrogens (primary N) is 1. The van der Waals surface area contributed by atoms with Gasteiger partial charge in [-0.2, -0.15) is 0 Å². The summed E-state index contributed by atoms with van der Waals surface area (Å²) in [5.41, 5.74) is 3.30. The van der Waals surface area contributed by atoms with Gasteiger partial charge in [0.15, 0.2) is 0 Å². The highest BCUT2D eigenvalue weighted by atomic mass is 32.2. The number of rotatable bonds is 3. The molecule has 1 fully saturated rings. The highest BCUT2D eigenvalue weighted by molar-refractivity contribution is 7.89. The molecule has 1 aliphatic rings. The zero-order chi connectivity index (χ0) is 15.1. The molecule has 0 bridgehead atoms. The number of hydrogen-bond acceptors (Lipinski definition) is 3. The van der Waals surface area contributed by atoms with Gasteiger partial charge in [0.2, 0.25) is 15.9 Å². The van der Waals surface area contributed by atoms with Crippen LogP contribution in [0.5, 0.6) is 0 Å². The maximum atomic E-state index is 12.0. The monoisotopic (exact) mass is 296 g/mol. The van der Waals surface area contributed by atoms with E-state index in [1.54, 1.807) is 4.90 Å². The van der Waals surface area contributed by atoms with Crippen LogP contribution < -0.4 is 5.14 Å². The second-order valence-electron chi connectivity index (χ2n) is 5.50. The number of amides is 1. The van der Waals surface area contributed by atoms with E-state index in [1.165, 1.54) is 0 Å². The quantitative estimate of drug-likeness (QED) is 0.911. The van der Waals surface area contributed by atoms with E-state index in [9.17, 15) is 13.2 Å². The van der Waals surface area contributed by atoms with E-state index in [4.69, 9.17) is 5.14 Å². The van der Waals surface area contributed by atoms with Gasteiger partial charge in [-0.15, -0.1) is 0 Å². The molecule has 0 saturated carbocycles. The van der Waals surface area contributed by atoms with Crippen LogP contribution >= 0.6 is 0 Å². The first-order valence-electron chi connectivity index (χ1n) is 6.58. The van der Waals surface area contributed by atoms with Crippen molar-refractivity contribution in [2.24, 2.45) is 5.14 Å². The Balaban J connectivity index is 2.26. The highest BCUT2D eigenvalue weighted by Crippen LogP contribution is 2.29. The van der Waals surface area contributed by atoms with E-state index in [2.05, 4.69) is 6.07 Å². The van der Waals surface area contributed by atoms with Crippen LogP contribution in [0.1, 0.15) is 36.1 Å². The van der Waals surface area contributed by atoms with E-state index < -0.39 is 15.3 Å².